The molecule has 0 spiro atoms. The number of imide groups is 2. The lowest BCUT2D eigenvalue weighted by Gasteiger charge is -2.46. The van der Waals surface area contributed by atoms with E-state index < -0.39 is 23.4 Å². The predicted octanol–water partition coefficient (Wildman–Crippen LogP) is 2.64. The largest absolute Gasteiger partial charge is 0.457 e. The van der Waals surface area contributed by atoms with E-state index in [1.54, 1.807) is 45.8 Å². The van der Waals surface area contributed by atoms with Crippen LogP contribution in [-0.2, 0) is 19.9 Å². The van der Waals surface area contributed by atoms with Gasteiger partial charge in [0.05, 0.1) is 5.75 Å². The van der Waals surface area contributed by atoms with Gasteiger partial charge in [-0.25, -0.2) is 4.79 Å². The van der Waals surface area contributed by atoms with E-state index in [1.807, 2.05) is 31.2 Å². The Bertz CT molecular complexity index is 1110. The minimum absolute atomic E-state index is 0.0486. The van der Waals surface area contributed by atoms with Crippen LogP contribution in [0.25, 0.3) is 0 Å². The third-order valence-electron chi connectivity index (χ3n) is 6.32. The van der Waals surface area contributed by atoms with Gasteiger partial charge in [-0.15, -0.1) is 0 Å². The molecule has 2 fully saturated rings. The topological polar surface area (TPSA) is 108 Å². The summed E-state index contributed by atoms with van der Waals surface area (Å²) in [4.78, 5) is 54.5. The van der Waals surface area contributed by atoms with Gasteiger partial charge < -0.3 is 9.64 Å². The number of hydrogen-bond donors (Lipinski definition) is 2. The molecule has 4 rings (SSSR count). The van der Waals surface area contributed by atoms with Crippen molar-refractivity contribution < 1.29 is 23.9 Å². The normalized spacial score (nSPS) is 17.9. The lowest BCUT2D eigenvalue weighted by molar-refractivity contribution is -0.151. The molecule has 0 aliphatic carbocycles. The molecule has 2 aromatic carbocycles. The van der Waals surface area contributed by atoms with Crippen LogP contribution in [0.2, 0.25) is 0 Å². The average Bonchev–Trinajstić information content (AvgIpc) is 2.86. The minimum Gasteiger partial charge on any atom is -0.457 e. The van der Waals surface area contributed by atoms with Crippen molar-refractivity contribution in [1.82, 2.24) is 20.4 Å². The van der Waals surface area contributed by atoms with Gasteiger partial charge in [0.25, 0.3) is 11.8 Å². The number of urea groups is 1. The van der Waals surface area contributed by atoms with E-state index in [0.717, 1.165) is 17.7 Å². The molecule has 0 saturated carbocycles. The van der Waals surface area contributed by atoms with Gasteiger partial charge in [0.15, 0.2) is 0 Å². The van der Waals surface area contributed by atoms with Crippen LogP contribution in [0.5, 0.6) is 11.5 Å². The molecule has 0 bridgehead atoms. The number of rotatable bonds is 8. The van der Waals surface area contributed by atoms with Crippen LogP contribution >= 0.6 is 11.8 Å². The van der Waals surface area contributed by atoms with Crippen molar-refractivity contribution in [2.24, 2.45) is 0 Å². The Hall–Kier alpha value is -3.37. The number of ether oxygens (including phenoxy) is 1. The van der Waals surface area contributed by atoms with Crippen LogP contribution < -0.4 is 15.4 Å². The lowest BCUT2D eigenvalue weighted by Crippen LogP contribution is -2.73. The molecule has 0 radical (unpaired) electrons. The van der Waals surface area contributed by atoms with Crippen LogP contribution in [0.1, 0.15) is 24.5 Å². The summed E-state index contributed by atoms with van der Waals surface area (Å²) in [6.07, 6.45) is 1.01. The number of amides is 5. The SMILES string of the molecule is CCCSCC(=O)N1CCN(C2(c3ccc(Oc4ccc(C)cc4)cc3)C(=O)NC(=O)NC2=O)CC1. The summed E-state index contributed by atoms with van der Waals surface area (Å²) in [7, 11) is 0. The molecular formula is C26H30N4O5S. The molecule has 9 nitrogen and oxygen atoms in total. The summed E-state index contributed by atoms with van der Waals surface area (Å²) in [6, 6.07) is 13.5. The van der Waals surface area contributed by atoms with Gasteiger partial charge in [-0.2, -0.15) is 11.8 Å². The number of barbiturate groups is 1. The van der Waals surface area contributed by atoms with E-state index >= 15 is 0 Å². The highest BCUT2D eigenvalue weighted by molar-refractivity contribution is 7.99. The van der Waals surface area contributed by atoms with E-state index in [4.69, 9.17) is 4.74 Å². The van der Waals surface area contributed by atoms with Crippen molar-refractivity contribution in [2.75, 3.05) is 37.7 Å². The number of thioether (sulfide) groups is 1. The molecule has 0 aromatic heterocycles. The number of nitrogens with zero attached hydrogens (tertiary/aromatic N) is 2. The number of aryl methyl sites for hydroxylation is 1. The Morgan fingerprint density at radius 3 is 2.03 bits per heavy atom. The summed E-state index contributed by atoms with van der Waals surface area (Å²) in [5.74, 6) is 1.19. The monoisotopic (exact) mass is 510 g/mol. The van der Waals surface area contributed by atoms with Gasteiger partial charge in [-0.1, -0.05) is 36.8 Å². The zero-order valence-electron chi connectivity index (χ0n) is 20.4. The third kappa shape index (κ3) is 5.24. The summed E-state index contributed by atoms with van der Waals surface area (Å²) in [6.45, 7) is 5.44. The standard InChI is InChI=1S/C26H30N4O5S/c1-3-16-36-17-22(31)29-12-14-30(15-13-29)26(23(32)27-25(34)28-24(26)33)19-6-10-21(11-7-19)35-20-8-4-18(2)5-9-20/h4-11H,3,12-17H2,1-2H3,(H2,27,28,32,33,34). The van der Waals surface area contributed by atoms with Crippen LogP contribution in [0.3, 0.4) is 0 Å². The fourth-order valence-corrected chi connectivity index (χ4v) is 5.24. The van der Waals surface area contributed by atoms with Crippen molar-refractivity contribution in [3.05, 3.63) is 59.7 Å². The van der Waals surface area contributed by atoms with Crippen LogP contribution in [0, 0.1) is 6.92 Å². The van der Waals surface area contributed by atoms with Gasteiger partial charge in [-0.3, -0.25) is 29.9 Å². The van der Waals surface area contributed by atoms with Crippen LogP contribution in [0.4, 0.5) is 4.79 Å². The van der Waals surface area contributed by atoms with Crippen LogP contribution in [0.15, 0.2) is 48.5 Å². The molecule has 2 aliphatic rings. The molecule has 36 heavy (non-hydrogen) atoms. The van der Waals surface area contributed by atoms with Gasteiger partial charge in [-0.05, 0) is 48.9 Å². The number of carbonyl (C=O) groups is 4. The van der Waals surface area contributed by atoms with Crippen molar-refractivity contribution in [2.45, 2.75) is 25.8 Å². The molecule has 2 aliphatic heterocycles. The van der Waals surface area contributed by atoms with E-state index in [1.165, 1.54) is 0 Å². The van der Waals surface area contributed by atoms with Gasteiger partial charge in [0.1, 0.15) is 11.5 Å². The molecular weight excluding hydrogens is 480 g/mol. The highest BCUT2D eigenvalue weighted by Gasteiger charge is 2.56. The molecule has 5 amide bonds. The number of piperazine rings is 1. The second-order valence-electron chi connectivity index (χ2n) is 8.81. The van der Waals surface area contributed by atoms with Crippen LogP contribution in [-0.4, -0.2) is 71.2 Å². The van der Waals surface area contributed by atoms with E-state index in [9.17, 15) is 19.2 Å². The van der Waals surface area contributed by atoms with E-state index in [2.05, 4.69) is 17.6 Å². The van der Waals surface area contributed by atoms with Crippen molar-refractivity contribution in [1.29, 1.82) is 0 Å². The Kier molecular flexibility index (Phi) is 7.95. The highest BCUT2D eigenvalue weighted by atomic mass is 32.2. The summed E-state index contributed by atoms with van der Waals surface area (Å²) in [5, 5.41) is 4.52. The second-order valence-corrected chi connectivity index (χ2v) is 9.91. The fourth-order valence-electron chi connectivity index (χ4n) is 4.45. The highest BCUT2D eigenvalue weighted by Crippen LogP contribution is 2.34. The molecule has 2 aromatic rings. The Morgan fingerprint density at radius 2 is 1.47 bits per heavy atom. The maximum Gasteiger partial charge on any atom is 0.328 e. The molecule has 2 heterocycles. The minimum atomic E-state index is -1.73. The summed E-state index contributed by atoms with van der Waals surface area (Å²) < 4.78 is 5.89. The molecule has 10 heteroatoms. The maximum absolute atomic E-state index is 13.3. The Balaban J connectivity index is 1.55. The Morgan fingerprint density at radius 1 is 0.917 bits per heavy atom. The number of carbonyl (C=O) groups excluding carboxylic acids is 4. The predicted molar refractivity (Wildman–Crippen MR) is 137 cm³/mol. The first-order valence-electron chi connectivity index (χ1n) is 12.0. The fraction of sp³-hybridized carbons (Fsp3) is 0.385. The quantitative estimate of drug-likeness (QED) is 0.415. The molecule has 2 N–H and O–H groups in total. The first kappa shape index (κ1) is 25.7. The second kappa shape index (κ2) is 11.1. The summed E-state index contributed by atoms with van der Waals surface area (Å²) >= 11 is 1.60. The van der Waals surface area contributed by atoms with E-state index in [0.29, 0.717) is 49.0 Å². The summed E-state index contributed by atoms with van der Waals surface area (Å²) in [5.41, 5.74) is -0.202. The smallest absolute Gasteiger partial charge is 0.328 e. The molecule has 0 unspecified atom stereocenters. The number of benzene rings is 2. The molecule has 2 saturated heterocycles. The van der Waals surface area contributed by atoms with Gasteiger partial charge in [0.2, 0.25) is 11.4 Å². The molecule has 0 atom stereocenters. The zero-order valence-corrected chi connectivity index (χ0v) is 21.2. The maximum atomic E-state index is 13.3. The van der Waals surface area contributed by atoms with Crippen molar-refractivity contribution in [3.63, 3.8) is 0 Å². The van der Waals surface area contributed by atoms with Crippen molar-refractivity contribution >= 4 is 35.5 Å². The van der Waals surface area contributed by atoms with Gasteiger partial charge in [0, 0.05) is 26.2 Å². The van der Waals surface area contributed by atoms with E-state index in [-0.39, 0.29) is 5.91 Å². The number of hydrogen-bond acceptors (Lipinski definition) is 7. The first-order valence-corrected chi connectivity index (χ1v) is 13.1. The van der Waals surface area contributed by atoms with Gasteiger partial charge >= 0.3 is 6.03 Å². The number of nitrogens with one attached hydrogen (secondary N) is 2. The lowest BCUT2D eigenvalue weighted by atomic mass is 9.84. The first-order chi connectivity index (χ1) is 17.3. The third-order valence-corrected chi connectivity index (χ3v) is 7.47. The zero-order chi connectivity index (χ0) is 25.7. The average molecular weight is 511 g/mol. The van der Waals surface area contributed by atoms with Crippen molar-refractivity contribution in [3.8, 4) is 11.5 Å². The Labute approximate surface area is 214 Å². The molecule has 190 valence electrons.